The van der Waals surface area contributed by atoms with Crippen LogP contribution in [0.25, 0.3) is 17.2 Å². The van der Waals surface area contributed by atoms with Gasteiger partial charge in [-0.3, -0.25) is 0 Å². The lowest BCUT2D eigenvalue weighted by molar-refractivity contribution is 0.598. The van der Waals surface area contributed by atoms with Crippen molar-refractivity contribution in [1.82, 2.24) is 19.3 Å². The second kappa shape index (κ2) is 5.82. The van der Waals surface area contributed by atoms with Crippen molar-refractivity contribution in [2.75, 3.05) is 0 Å². The summed E-state index contributed by atoms with van der Waals surface area (Å²) in [5, 5.41) is 9.85. The lowest BCUT2D eigenvalue weighted by atomic mass is 10.3. The van der Waals surface area contributed by atoms with Crippen LogP contribution in [0.15, 0.2) is 47.5 Å². The van der Waals surface area contributed by atoms with Gasteiger partial charge in [0.25, 0.3) is 0 Å². The molecular formula is C17H19N5O2S. The number of hydrogen-bond donors (Lipinski definition) is 1. The van der Waals surface area contributed by atoms with Crippen molar-refractivity contribution >= 4 is 10.0 Å². The third-order valence-corrected chi connectivity index (χ3v) is 5.30. The standard InChI is InChI=1S/C17H19N5O2S/c1-2-21-11-3-4-15(21)17-19-16(12-5-6-12)20-22(17)13-7-9-14(10-8-13)25(18,23)24/h3-4,7-12H,2,5-6H2,1H3,(H2,18,23,24). The van der Waals surface area contributed by atoms with Crippen LogP contribution in [0.1, 0.15) is 31.5 Å². The third kappa shape index (κ3) is 2.98. The molecule has 130 valence electrons. The lowest BCUT2D eigenvalue weighted by Gasteiger charge is -2.09. The molecular weight excluding hydrogens is 338 g/mol. The SMILES string of the molecule is CCn1cccc1-c1nc(C2CC2)nn1-c1ccc(S(N)(=O)=O)cc1. The third-order valence-electron chi connectivity index (χ3n) is 4.38. The minimum Gasteiger partial charge on any atom is -0.345 e. The van der Waals surface area contributed by atoms with E-state index in [-0.39, 0.29) is 4.90 Å². The van der Waals surface area contributed by atoms with E-state index in [4.69, 9.17) is 10.1 Å². The predicted octanol–water partition coefficient (Wildman–Crippen LogP) is 2.28. The number of nitrogens with zero attached hydrogens (tertiary/aromatic N) is 4. The van der Waals surface area contributed by atoms with Crippen molar-refractivity contribution in [2.45, 2.75) is 37.1 Å². The van der Waals surface area contributed by atoms with Gasteiger partial charge in [-0.15, -0.1) is 0 Å². The summed E-state index contributed by atoms with van der Waals surface area (Å²) in [6, 6.07) is 10.4. The fourth-order valence-electron chi connectivity index (χ4n) is 2.86. The highest BCUT2D eigenvalue weighted by molar-refractivity contribution is 7.89. The Bertz CT molecular complexity index is 1010. The smallest absolute Gasteiger partial charge is 0.238 e. The van der Waals surface area contributed by atoms with Crippen molar-refractivity contribution < 1.29 is 8.42 Å². The van der Waals surface area contributed by atoms with Crippen LogP contribution in [0.3, 0.4) is 0 Å². The van der Waals surface area contributed by atoms with Crippen LogP contribution in [0.5, 0.6) is 0 Å². The fraction of sp³-hybridized carbons (Fsp3) is 0.294. The first kappa shape index (κ1) is 16.0. The van der Waals surface area contributed by atoms with Gasteiger partial charge in [0.1, 0.15) is 0 Å². The number of aryl methyl sites for hydroxylation is 1. The van der Waals surface area contributed by atoms with Crippen LogP contribution in [0, 0.1) is 0 Å². The second-order valence-electron chi connectivity index (χ2n) is 6.20. The second-order valence-corrected chi connectivity index (χ2v) is 7.76. The molecule has 0 aliphatic heterocycles. The van der Waals surface area contributed by atoms with Crippen LogP contribution in [-0.4, -0.2) is 27.7 Å². The molecule has 0 unspecified atom stereocenters. The molecule has 4 rings (SSSR count). The Morgan fingerprint density at radius 1 is 1.20 bits per heavy atom. The molecule has 2 aromatic heterocycles. The zero-order chi connectivity index (χ0) is 17.6. The van der Waals surface area contributed by atoms with Crippen LogP contribution < -0.4 is 5.14 Å². The van der Waals surface area contributed by atoms with Gasteiger partial charge in [-0.05, 0) is 56.2 Å². The summed E-state index contributed by atoms with van der Waals surface area (Å²) in [6.45, 7) is 2.91. The molecule has 8 heteroatoms. The van der Waals surface area contributed by atoms with Crippen LogP contribution in [-0.2, 0) is 16.6 Å². The first-order chi connectivity index (χ1) is 12.0. The zero-order valence-corrected chi connectivity index (χ0v) is 14.6. The van der Waals surface area contributed by atoms with Crippen molar-refractivity contribution in [3.8, 4) is 17.2 Å². The van der Waals surface area contributed by atoms with E-state index in [1.54, 1.807) is 16.8 Å². The first-order valence-corrected chi connectivity index (χ1v) is 9.77. The molecule has 2 N–H and O–H groups in total. The molecule has 1 saturated carbocycles. The Labute approximate surface area is 146 Å². The van der Waals surface area contributed by atoms with Crippen LogP contribution in [0.4, 0.5) is 0 Å². The molecule has 1 aromatic carbocycles. The number of hydrogen-bond acceptors (Lipinski definition) is 4. The molecule has 0 radical (unpaired) electrons. The van der Waals surface area contributed by atoms with Crippen molar-refractivity contribution in [2.24, 2.45) is 5.14 Å². The molecule has 1 aliphatic carbocycles. The Morgan fingerprint density at radius 3 is 2.52 bits per heavy atom. The maximum atomic E-state index is 11.5. The molecule has 2 heterocycles. The van der Waals surface area contributed by atoms with Gasteiger partial charge in [-0.2, -0.15) is 5.10 Å². The van der Waals surface area contributed by atoms with E-state index in [0.29, 0.717) is 5.92 Å². The van der Waals surface area contributed by atoms with E-state index in [9.17, 15) is 8.42 Å². The van der Waals surface area contributed by atoms with E-state index in [1.807, 2.05) is 18.3 Å². The summed E-state index contributed by atoms with van der Waals surface area (Å²) < 4.78 is 26.8. The van der Waals surface area contributed by atoms with E-state index < -0.39 is 10.0 Å². The molecule has 0 saturated heterocycles. The van der Waals surface area contributed by atoms with Crippen molar-refractivity contribution in [3.05, 3.63) is 48.4 Å². The number of nitrogens with two attached hydrogens (primary N) is 1. The predicted molar refractivity (Wildman–Crippen MR) is 93.8 cm³/mol. The molecule has 0 atom stereocenters. The number of sulfonamides is 1. The summed E-state index contributed by atoms with van der Waals surface area (Å²) in [5.41, 5.74) is 1.74. The van der Waals surface area contributed by atoms with Gasteiger partial charge in [0, 0.05) is 18.7 Å². The highest BCUT2D eigenvalue weighted by Crippen LogP contribution is 2.39. The Kier molecular flexibility index (Phi) is 3.73. The highest BCUT2D eigenvalue weighted by Gasteiger charge is 2.30. The summed E-state index contributed by atoms with van der Waals surface area (Å²) in [6.07, 6.45) is 4.24. The molecule has 0 amide bonds. The normalized spacial score (nSPS) is 14.8. The van der Waals surface area contributed by atoms with Crippen molar-refractivity contribution in [3.63, 3.8) is 0 Å². The average Bonchev–Trinajstić information content (AvgIpc) is 3.18. The Balaban J connectivity index is 1.83. The largest absolute Gasteiger partial charge is 0.345 e. The monoisotopic (exact) mass is 357 g/mol. The summed E-state index contributed by atoms with van der Waals surface area (Å²) in [5.74, 6) is 2.03. The van der Waals surface area contributed by atoms with Gasteiger partial charge in [-0.25, -0.2) is 23.2 Å². The summed E-state index contributed by atoms with van der Waals surface area (Å²) in [4.78, 5) is 4.84. The molecule has 0 bridgehead atoms. The first-order valence-electron chi connectivity index (χ1n) is 8.23. The van der Waals surface area contributed by atoms with E-state index in [2.05, 4.69) is 16.6 Å². The zero-order valence-electron chi connectivity index (χ0n) is 13.8. The minimum absolute atomic E-state index is 0.0808. The number of rotatable bonds is 5. The van der Waals surface area contributed by atoms with E-state index in [0.717, 1.165) is 42.4 Å². The van der Waals surface area contributed by atoms with Gasteiger partial charge in [0.2, 0.25) is 10.0 Å². The molecule has 3 aromatic rings. The lowest BCUT2D eigenvalue weighted by Crippen LogP contribution is -2.12. The van der Waals surface area contributed by atoms with Gasteiger partial charge < -0.3 is 4.57 Å². The average molecular weight is 357 g/mol. The molecule has 1 fully saturated rings. The molecule has 7 nitrogen and oxygen atoms in total. The quantitative estimate of drug-likeness (QED) is 0.758. The molecule has 0 spiro atoms. The topological polar surface area (TPSA) is 95.8 Å². The maximum absolute atomic E-state index is 11.5. The van der Waals surface area contributed by atoms with Crippen LogP contribution >= 0.6 is 0 Å². The maximum Gasteiger partial charge on any atom is 0.238 e. The fourth-order valence-corrected chi connectivity index (χ4v) is 3.37. The van der Waals surface area contributed by atoms with Gasteiger partial charge in [0.05, 0.1) is 16.3 Å². The van der Waals surface area contributed by atoms with Gasteiger partial charge in [0.15, 0.2) is 11.6 Å². The van der Waals surface area contributed by atoms with Gasteiger partial charge >= 0.3 is 0 Å². The number of primary sulfonamides is 1. The summed E-state index contributed by atoms with van der Waals surface area (Å²) in [7, 11) is -3.71. The molecule has 1 aliphatic rings. The Morgan fingerprint density at radius 2 is 1.92 bits per heavy atom. The van der Waals surface area contributed by atoms with E-state index >= 15 is 0 Å². The van der Waals surface area contributed by atoms with E-state index in [1.165, 1.54) is 12.1 Å². The number of benzene rings is 1. The van der Waals surface area contributed by atoms with Crippen LogP contribution in [0.2, 0.25) is 0 Å². The minimum atomic E-state index is -3.71. The van der Waals surface area contributed by atoms with Gasteiger partial charge in [-0.1, -0.05) is 0 Å². The van der Waals surface area contributed by atoms with Crippen molar-refractivity contribution in [1.29, 1.82) is 0 Å². The molecule has 25 heavy (non-hydrogen) atoms. The number of aromatic nitrogens is 4. The highest BCUT2D eigenvalue weighted by atomic mass is 32.2. The Hall–Kier alpha value is -2.45. The summed E-state index contributed by atoms with van der Waals surface area (Å²) >= 11 is 0.